The van der Waals surface area contributed by atoms with Crippen LogP contribution >= 0.6 is 11.8 Å². The van der Waals surface area contributed by atoms with Gasteiger partial charge in [-0.2, -0.15) is 21.7 Å². The molecule has 0 radical (unpaired) electrons. The molecule has 3 fully saturated rings. The molecule has 0 bridgehead atoms. The average Bonchev–Trinajstić information content (AvgIpc) is 3.56. The first kappa shape index (κ1) is 26.8. The first-order chi connectivity index (χ1) is 20.0. The molecule has 0 unspecified atom stereocenters. The summed E-state index contributed by atoms with van der Waals surface area (Å²) in [6.07, 6.45) is 6.09. The number of hydrogen-bond donors (Lipinski definition) is 1. The summed E-state index contributed by atoms with van der Waals surface area (Å²) in [4.78, 5) is 30.3. The Bertz CT molecular complexity index is 1500. The Morgan fingerprint density at radius 3 is 2.71 bits per heavy atom. The van der Waals surface area contributed by atoms with E-state index < -0.39 is 0 Å². The number of hydrogen-bond acceptors (Lipinski definition) is 8. The number of carbonyl (C=O) groups is 1. The highest BCUT2D eigenvalue weighted by molar-refractivity contribution is 7.99. The lowest BCUT2D eigenvalue weighted by Gasteiger charge is -2.31. The number of halogens is 1. The van der Waals surface area contributed by atoms with Gasteiger partial charge >= 0.3 is 6.01 Å². The van der Waals surface area contributed by atoms with E-state index in [1.807, 2.05) is 18.7 Å². The fourth-order valence-electron chi connectivity index (χ4n) is 7.30. The number of aryl methyl sites for hydroxylation is 1. The van der Waals surface area contributed by atoms with E-state index in [2.05, 4.69) is 9.80 Å². The number of phenolic OH excluding ortho intramolecular Hbond substituents is 1. The molecule has 1 amide bonds. The Hall–Kier alpha value is -3.11. The van der Waals surface area contributed by atoms with Crippen LogP contribution in [-0.4, -0.2) is 75.7 Å². The Morgan fingerprint density at radius 1 is 1.07 bits per heavy atom. The third kappa shape index (κ3) is 4.59. The maximum absolute atomic E-state index is 14.9. The normalized spacial score (nSPS) is 20.5. The zero-order valence-corrected chi connectivity index (χ0v) is 24.3. The molecule has 1 aromatic heterocycles. The number of phenols is 1. The number of anilines is 2. The Kier molecular flexibility index (Phi) is 6.93. The fourth-order valence-corrected chi connectivity index (χ4v) is 8.19. The van der Waals surface area contributed by atoms with Crippen LogP contribution < -0.4 is 14.5 Å². The average molecular weight is 578 g/mol. The van der Waals surface area contributed by atoms with Crippen molar-refractivity contribution in [2.75, 3.05) is 54.1 Å². The largest absolute Gasteiger partial charge is 0.508 e. The second kappa shape index (κ2) is 10.6. The number of rotatable bonds is 6. The highest BCUT2D eigenvalue weighted by Crippen LogP contribution is 2.42. The molecule has 1 N–H and O–H groups in total. The van der Waals surface area contributed by atoms with Gasteiger partial charge in [0.05, 0.1) is 23.5 Å². The number of carbonyl (C=O) groups excluding carboxylic acids is 1. The van der Waals surface area contributed by atoms with Crippen LogP contribution in [0.4, 0.5) is 15.9 Å². The highest BCUT2D eigenvalue weighted by atomic mass is 32.2. The summed E-state index contributed by atoms with van der Waals surface area (Å²) < 4.78 is 21.3. The smallest absolute Gasteiger partial charge is 0.318 e. The van der Waals surface area contributed by atoms with E-state index in [0.717, 1.165) is 56.9 Å². The van der Waals surface area contributed by atoms with E-state index in [-0.39, 0.29) is 29.6 Å². The molecule has 4 aliphatic rings. The number of aromatic nitrogens is 2. The molecular weight excluding hydrogens is 541 g/mol. The fraction of sp³-hybridized carbons (Fsp3) is 0.516. The quantitative estimate of drug-likeness (QED) is 0.431. The minimum atomic E-state index is -0.318. The van der Waals surface area contributed by atoms with E-state index in [1.54, 1.807) is 23.1 Å². The third-order valence-electron chi connectivity index (χ3n) is 9.29. The summed E-state index contributed by atoms with van der Waals surface area (Å²) in [6, 6.07) is 6.57. The number of amides is 1. The van der Waals surface area contributed by atoms with Crippen LogP contribution in [0.15, 0.2) is 24.3 Å². The zero-order chi connectivity index (χ0) is 28.1. The summed E-state index contributed by atoms with van der Waals surface area (Å²) >= 11 is 1.91. The van der Waals surface area contributed by atoms with Crippen LogP contribution in [0.3, 0.4) is 0 Å². The van der Waals surface area contributed by atoms with Gasteiger partial charge in [-0.05, 0) is 80.4 Å². The summed E-state index contributed by atoms with van der Waals surface area (Å²) in [5.74, 6) is 2.14. The van der Waals surface area contributed by atoms with E-state index >= 15 is 0 Å². The van der Waals surface area contributed by atoms with Crippen molar-refractivity contribution >= 4 is 39.9 Å². The number of ether oxygens (including phenoxy) is 1. The number of fused-ring (bicyclic) bond motifs is 3. The molecule has 0 saturated carbocycles. The molecule has 216 valence electrons. The molecule has 10 heteroatoms. The number of benzene rings is 2. The molecule has 0 spiro atoms. The maximum atomic E-state index is 14.9. The van der Waals surface area contributed by atoms with Gasteiger partial charge in [-0.1, -0.05) is 13.0 Å². The van der Waals surface area contributed by atoms with Gasteiger partial charge in [0.2, 0.25) is 0 Å². The number of thioether (sulfide) groups is 1. The molecular formula is C31H36FN5O3S. The lowest BCUT2D eigenvalue weighted by Crippen LogP contribution is -2.43. The molecule has 0 aliphatic carbocycles. The van der Waals surface area contributed by atoms with Gasteiger partial charge in [0, 0.05) is 30.3 Å². The Balaban J connectivity index is 1.30. The zero-order valence-electron chi connectivity index (χ0n) is 23.5. The van der Waals surface area contributed by atoms with Crippen molar-refractivity contribution in [1.82, 2.24) is 14.9 Å². The summed E-state index contributed by atoms with van der Waals surface area (Å²) in [7, 11) is 0. The Labute approximate surface area is 243 Å². The SMILES string of the molecule is CCc1c(F)ccc2cc(O)cc(N3Cc4nc(OCC56CCCN5CCC6)nc(N5CCCSCC5)c4C3=O)c12. The van der Waals surface area contributed by atoms with Crippen LogP contribution in [0.1, 0.15) is 60.6 Å². The predicted molar refractivity (Wildman–Crippen MR) is 160 cm³/mol. The lowest BCUT2D eigenvalue weighted by molar-refractivity contribution is 0.0996. The molecule has 3 saturated heterocycles. The molecule has 8 nitrogen and oxygen atoms in total. The van der Waals surface area contributed by atoms with Gasteiger partial charge in [-0.25, -0.2) is 4.39 Å². The van der Waals surface area contributed by atoms with Gasteiger partial charge in [0.1, 0.15) is 29.6 Å². The molecule has 41 heavy (non-hydrogen) atoms. The first-order valence-corrected chi connectivity index (χ1v) is 16.0. The minimum Gasteiger partial charge on any atom is -0.508 e. The van der Waals surface area contributed by atoms with Crippen LogP contribution in [0, 0.1) is 5.82 Å². The van der Waals surface area contributed by atoms with E-state index in [1.165, 1.54) is 18.9 Å². The first-order valence-electron chi connectivity index (χ1n) is 14.8. The monoisotopic (exact) mass is 577 g/mol. The van der Waals surface area contributed by atoms with Gasteiger partial charge in [0.15, 0.2) is 0 Å². The summed E-state index contributed by atoms with van der Waals surface area (Å²) in [6.45, 7) is 6.49. The van der Waals surface area contributed by atoms with Crippen LogP contribution in [0.2, 0.25) is 0 Å². The van der Waals surface area contributed by atoms with Crippen molar-refractivity contribution in [2.24, 2.45) is 0 Å². The molecule has 3 aromatic rings. The van der Waals surface area contributed by atoms with Crippen molar-refractivity contribution in [1.29, 1.82) is 0 Å². The second-order valence-electron chi connectivity index (χ2n) is 11.6. The van der Waals surface area contributed by atoms with Crippen molar-refractivity contribution in [3.05, 3.63) is 46.9 Å². The van der Waals surface area contributed by atoms with Gasteiger partial charge < -0.3 is 19.6 Å². The number of aromatic hydroxyl groups is 1. The molecule has 4 aliphatic heterocycles. The summed E-state index contributed by atoms with van der Waals surface area (Å²) in [5.41, 5.74) is 2.18. The Morgan fingerprint density at radius 2 is 1.90 bits per heavy atom. The van der Waals surface area contributed by atoms with Gasteiger partial charge in [-0.15, -0.1) is 0 Å². The van der Waals surface area contributed by atoms with Gasteiger partial charge in [-0.3, -0.25) is 9.69 Å². The van der Waals surface area contributed by atoms with E-state index in [0.29, 0.717) is 58.1 Å². The minimum absolute atomic E-state index is 0.0294. The van der Waals surface area contributed by atoms with Crippen LogP contribution in [0.25, 0.3) is 10.8 Å². The van der Waals surface area contributed by atoms with Crippen molar-refractivity contribution in [3.63, 3.8) is 0 Å². The summed E-state index contributed by atoms with van der Waals surface area (Å²) in [5, 5.41) is 11.9. The number of nitrogens with zero attached hydrogens (tertiary/aromatic N) is 5. The second-order valence-corrected chi connectivity index (χ2v) is 12.9. The molecule has 0 atom stereocenters. The van der Waals surface area contributed by atoms with Gasteiger partial charge in [0.25, 0.3) is 5.91 Å². The molecule has 5 heterocycles. The van der Waals surface area contributed by atoms with E-state index in [4.69, 9.17) is 14.7 Å². The van der Waals surface area contributed by atoms with Crippen molar-refractivity contribution in [2.45, 2.75) is 57.5 Å². The standard InChI is InChI=1S/C31H36FN5O3S/c1-2-22-23(32)7-6-20-16-21(38)17-25(26(20)22)37-18-24-27(29(37)39)28(35-10-5-14-41-15-13-35)34-30(33-24)40-19-31-8-3-11-36(31)12-4-9-31/h6-7,16-17,38H,2-5,8-15,18-19H2,1H3. The molecule has 7 rings (SSSR count). The molecule has 2 aromatic carbocycles. The highest BCUT2D eigenvalue weighted by Gasteiger charge is 2.45. The van der Waals surface area contributed by atoms with Crippen LogP contribution in [-0.2, 0) is 13.0 Å². The maximum Gasteiger partial charge on any atom is 0.318 e. The van der Waals surface area contributed by atoms with E-state index in [9.17, 15) is 14.3 Å². The third-order valence-corrected chi connectivity index (χ3v) is 10.3. The topological polar surface area (TPSA) is 82.0 Å². The predicted octanol–water partition coefficient (Wildman–Crippen LogP) is 5.15. The van der Waals surface area contributed by atoms with Crippen molar-refractivity contribution in [3.8, 4) is 11.8 Å². The van der Waals surface area contributed by atoms with Crippen LogP contribution in [0.5, 0.6) is 11.8 Å². The lowest BCUT2D eigenvalue weighted by atomic mass is 9.95. The van der Waals surface area contributed by atoms with Crippen molar-refractivity contribution < 1.29 is 19.0 Å².